The molecule has 4 heteroatoms. The van der Waals surface area contributed by atoms with Crippen molar-refractivity contribution in [1.29, 1.82) is 0 Å². The van der Waals surface area contributed by atoms with Crippen molar-refractivity contribution in [2.45, 2.75) is 6.92 Å². The van der Waals surface area contributed by atoms with Crippen LogP contribution in [0.1, 0.15) is 5.56 Å². The molecule has 0 atom stereocenters. The maximum atomic E-state index is 15.5. The number of benzene rings is 5. The largest absolute Gasteiger partial charge is 0.454 e. The van der Waals surface area contributed by atoms with Gasteiger partial charge in [-0.1, -0.05) is 84.1 Å². The average Bonchev–Trinajstić information content (AvgIpc) is 3.46. The van der Waals surface area contributed by atoms with Gasteiger partial charge in [-0.05, 0) is 53.4 Å². The van der Waals surface area contributed by atoms with Crippen LogP contribution in [0.3, 0.4) is 0 Å². The number of hydrogen-bond donors (Lipinski definition) is 0. The summed E-state index contributed by atoms with van der Waals surface area (Å²) in [5, 5.41) is 3.03. The zero-order valence-corrected chi connectivity index (χ0v) is 21.3. The van der Waals surface area contributed by atoms with Crippen molar-refractivity contribution in [3.8, 4) is 32.8 Å². The Labute approximate surface area is 217 Å². The molecule has 178 valence electrons. The van der Waals surface area contributed by atoms with Crippen molar-refractivity contribution in [1.82, 2.24) is 0 Å². The van der Waals surface area contributed by atoms with Crippen molar-refractivity contribution in [3.05, 3.63) is 115 Å². The summed E-state index contributed by atoms with van der Waals surface area (Å²) in [5.41, 5.74) is 8.17. The summed E-state index contributed by atoms with van der Waals surface area (Å²) < 4.78 is 25.6. The lowest BCUT2D eigenvalue weighted by atomic mass is 9.97. The van der Waals surface area contributed by atoms with Crippen molar-refractivity contribution >= 4 is 43.5 Å². The number of hydrogen-bond acceptors (Lipinski definition) is 2. The zero-order chi connectivity index (χ0) is 25.1. The van der Waals surface area contributed by atoms with E-state index < -0.39 is 0 Å². The molecule has 0 fully saturated rings. The van der Waals surface area contributed by atoms with Crippen LogP contribution in [0.2, 0.25) is 0 Å². The summed E-state index contributed by atoms with van der Waals surface area (Å²) in [6, 6.07) is 34.2. The summed E-state index contributed by atoms with van der Waals surface area (Å²) in [7, 11) is 2.09. The molecule has 5 aromatic carbocycles. The van der Waals surface area contributed by atoms with Gasteiger partial charge in [0, 0.05) is 16.8 Å². The Morgan fingerprint density at radius 1 is 0.676 bits per heavy atom. The zero-order valence-electron chi connectivity index (χ0n) is 20.5. The van der Waals surface area contributed by atoms with Crippen LogP contribution in [0.5, 0.6) is 0 Å². The quantitative estimate of drug-likeness (QED) is 0.221. The summed E-state index contributed by atoms with van der Waals surface area (Å²) >= 11 is 1.75. The molecule has 2 heterocycles. The van der Waals surface area contributed by atoms with Gasteiger partial charge in [0.1, 0.15) is 28.7 Å². The van der Waals surface area contributed by atoms with Crippen molar-refractivity contribution < 1.29 is 13.4 Å². The van der Waals surface area contributed by atoms with Crippen LogP contribution in [-0.4, -0.2) is 0 Å². The Balaban J connectivity index is 1.51. The van der Waals surface area contributed by atoms with E-state index >= 15 is 4.39 Å². The molecule has 0 bridgehead atoms. The first-order chi connectivity index (χ1) is 18.1. The second-order valence-electron chi connectivity index (χ2n) is 9.42. The predicted molar refractivity (Wildman–Crippen MR) is 151 cm³/mol. The molecule has 0 spiro atoms. The van der Waals surface area contributed by atoms with Crippen molar-refractivity contribution in [3.63, 3.8) is 0 Å². The summed E-state index contributed by atoms with van der Waals surface area (Å²) in [4.78, 5) is 0. The van der Waals surface area contributed by atoms with Gasteiger partial charge in [0.05, 0.1) is 5.56 Å². The summed E-state index contributed by atoms with van der Waals surface area (Å²) in [6.45, 7) is 2.11. The third-order valence-corrected chi connectivity index (χ3v) is 8.41. The second-order valence-corrected chi connectivity index (χ2v) is 10.4. The van der Waals surface area contributed by atoms with E-state index in [2.05, 4.69) is 73.1 Å². The highest BCUT2D eigenvalue weighted by Crippen LogP contribution is 2.43. The van der Waals surface area contributed by atoms with Crippen molar-refractivity contribution in [2.24, 2.45) is 7.05 Å². The fourth-order valence-corrected chi connectivity index (χ4v) is 6.57. The molecule has 37 heavy (non-hydrogen) atoms. The van der Waals surface area contributed by atoms with E-state index in [0.29, 0.717) is 11.1 Å². The molecular weight excluding hydrogens is 477 g/mol. The van der Waals surface area contributed by atoms with E-state index in [4.69, 9.17) is 4.42 Å². The molecule has 0 amide bonds. The van der Waals surface area contributed by atoms with E-state index in [1.807, 2.05) is 42.5 Å². The van der Waals surface area contributed by atoms with Gasteiger partial charge in [0.15, 0.2) is 5.58 Å². The van der Waals surface area contributed by atoms with Crippen LogP contribution >= 0.6 is 11.3 Å². The molecule has 0 N–H and O–H groups in total. The molecule has 2 nitrogen and oxygen atoms in total. The number of halogens is 1. The van der Waals surface area contributed by atoms with Gasteiger partial charge in [-0.15, -0.1) is 0 Å². The standard InChI is InChI=1S/C33H23FNOS/c1-20-15-16-24-25-17-18-26(34)30(23-12-8-11-22(19-23)21-9-4-3-5-10-21)32(25)36-31(24)29(20)33-35(2)27-13-6-7-14-28(27)37-33/h3-19H,1-2H3/q+1. The molecule has 0 saturated carbocycles. The molecule has 0 aliphatic rings. The third-order valence-electron chi connectivity index (χ3n) is 7.18. The maximum Gasteiger partial charge on any atom is 0.273 e. The minimum atomic E-state index is -0.289. The normalized spacial score (nSPS) is 11.6. The minimum absolute atomic E-state index is 0.289. The Hall–Kier alpha value is -4.28. The van der Waals surface area contributed by atoms with Gasteiger partial charge >= 0.3 is 0 Å². The Kier molecular flexibility index (Phi) is 4.98. The van der Waals surface area contributed by atoms with Gasteiger partial charge in [-0.3, -0.25) is 0 Å². The lowest BCUT2D eigenvalue weighted by Gasteiger charge is -2.08. The van der Waals surface area contributed by atoms with Gasteiger partial charge in [0.2, 0.25) is 5.52 Å². The van der Waals surface area contributed by atoms with Gasteiger partial charge in [-0.25, -0.2) is 4.39 Å². The van der Waals surface area contributed by atoms with Crippen LogP contribution in [0.15, 0.2) is 108 Å². The lowest BCUT2D eigenvalue weighted by molar-refractivity contribution is -0.629. The minimum Gasteiger partial charge on any atom is -0.454 e. The van der Waals surface area contributed by atoms with Crippen molar-refractivity contribution in [2.75, 3.05) is 0 Å². The fraction of sp³-hybridized carbons (Fsp3) is 0.0606. The van der Waals surface area contributed by atoms with Gasteiger partial charge in [-0.2, -0.15) is 4.57 Å². The highest BCUT2D eigenvalue weighted by molar-refractivity contribution is 7.21. The van der Waals surface area contributed by atoms with Gasteiger partial charge in [0.25, 0.3) is 5.01 Å². The highest BCUT2D eigenvalue weighted by atomic mass is 32.1. The predicted octanol–water partition coefficient (Wildman–Crippen LogP) is 9.07. The molecule has 7 rings (SSSR count). The van der Waals surface area contributed by atoms with E-state index in [1.54, 1.807) is 17.4 Å². The topological polar surface area (TPSA) is 17.0 Å². The van der Waals surface area contributed by atoms with E-state index in [1.165, 1.54) is 10.2 Å². The highest BCUT2D eigenvalue weighted by Gasteiger charge is 2.26. The molecule has 0 unspecified atom stereocenters. The monoisotopic (exact) mass is 500 g/mol. The number of fused-ring (bicyclic) bond motifs is 4. The second kappa shape index (κ2) is 8.39. The summed E-state index contributed by atoms with van der Waals surface area (Å²) in [6.07, 6.45) is 0. The van der Waals surface area contributed by atoms with Crippen LogP contribution in [0.25, 0.3) is 65.0 Å². The number of furan rings is 1. The number of aryl methyl sites for hydroxylation is 2. The SMILES string of the molecule is Cc1ccc2c(oc3c(-c4cccc(-c5ccccc5)c4)c(F)ccc32)c1-c1sc2ccccc2[n+]1C. The Bertz CT molecular complexity index is 1970. The first kappa shape index (κ1) is 22.0. The Morgan fingerprint density at radius 2 is 1.35 bits per heavy atom. The molecule has 0 saturated heterocycles. The van der Waals surface area contributed by atoms with Crippen LogP contribution in [0.4, 0.5) is 4.39 Å². The van der Waals surface area contributed by atoms with E-state index in [-0.39, 0.29) is 5.82 Å². The van der Waals surface area contributed by atoms with Crippen LogP contribution < -0.4 is 4.57 Å². The van der Waals surface area contributed by atoms with Crippen LogP contribution in [0, 0.1) is 12.7 Å². The number of rotatable bonds is 3. The molecule has 0 aliphatic carbocycles. The molecular formula is C33H23FNOS+. The molecule has 0 radical (unpaired) electrons. The maximum absolute atomic E-state index is 15.5. The molecule has 2 aromatic heterocycles. The van der Waals surface area contributed by atoms with E-state index in [9.17, 15) is 0 Å². The summed E-state index contributed by atoms with van der Waals surface area (Å²) in [5.74, 6) is -0.289. The number of aromatic nitrogens is 1. The third kappa shape index (κ3) is 3.40. The number of thiazole rings is 1. The fourth-order valence-electron chi connectivity index (χ4n) is 5.32. The van der Waals surface area contributed by atoms with E-state index in [0.717, 1.165) is 49.2 Å². The smallest absolute Gasteiger partial charge is 0.273 e. The molecule has 0 aliphatic heterocycles. The Morgan fingerprint density at radius 3 is 2.16 bits per heavy atom. The average molecular weight is 501 g/mol. The number of para-hydroxylation sites is 1. The first-order valence-corrected chi connectivity index (χ1v) is 13.1. The van der Waals surface area contributed by atoms with Crippen LogP contribution in [-0.2, 0) is 7.05 Å². The van der Waals surface area contributed by atoms with Gasteiger partial charge < -0.3 is 4.42 Å². The number of nitrogens with zero attached hydrogens (tertiary/aromatic N) is 1. The first-order valence-electron chi connectivity index (χ1n) is 12.3. The molecule has 7 aromatic rings. The lowest BCUT2D eigenvalue weighted by Crippen LogP contribution is -2.28.